The van der Waals surface area contributed by atoms with Crippen molar-refractivity contribution in [3.63, 3.8) is 0 Å². The van der Waals surface area contributed by atoms with Gasteiger partial charge in [-0.25, -0.2) is 0 Å². The van der Waals surface area contributed by atoms with Gasteiger partial charge in [0.1, 0.15) is 0 Å². The fourth-order valence-electron chi connectivity index (χ4n) is 2.03. The maximum absolute atomic E-state index is 11.0. The Labute approximate surface area is 82.5 Å². The molecule has 14 heavy (non-hydrogen) atoms. The number of carbonyl (C=O) groups excluding carboxylic acids is 1. The van der Waals surface area contributed by atoms with Gasteiger partial charge in [-0.05, 0) is 24.0 Å². The van der Waals surface area contributed by atoms with Crippen molar-refractivity contribution in [3.8, 4) is 0 Å². The number of hydrogen-bond acceptors (Lipinski definition) is 2. The smallest absolute Gasteiger partial charge is 0.223 e. The second-order valence-electron chi connectivity index (χ2n) is 3.69. The van der Waals surface area contributed by atoms with E-state index in [1.165, 1.54) is 0 Å². The summed E-state index contributed by atoms with van der Waals surface area (Å²) in [7, 11) is 0. The summed E-state index contributed by atoms with van der Waals surface area (Å²) >= 11 is 0. The topological polar surface area (TPSA) is 63.3 Å². The molecule has 0 aromatic heterocycles. The van der Waals surface area contributed by atoms with Crippen LogP contribution in [0.2, 0.25) is 0 Å². The van der Waals surface area contributed by atoms with Gasteiger partial charge in [-0.3, -0.25) is 4.79 Å². The van der Waals surface area contributed by atoms with E-state index in [2.05, 4.69) is 0 Å². The summed E-state index contributed by atoms with van der Waals surface area (Å²) in [5.41, 5.74) is 7.19. The lowest BCUT2D eigenvalue weighted by molar-refractivity contribution is -0.126. The van der Waals surface area contributed by atoms with Crippen LogP contribution < -0.4 is 5.73 Å². The van der Waals surface area contributed by atoms with Crippen LogP contribution in [0.3, 0.4) is 0 Å². The highest BCUT2D eigenvalue weighted by atomic mass is 16.3. The Kier molecular flexibility index (Phi) is 2.25. The number of rotatable bonds is 1. The van der Waals surface area contributed by atoms with Crippen LogP contribution in [-0.4, -0.2) is 11.0 Å². The highest BCUT2D eigenvalue weighted by Crippen LogP contribution is 2.33. The van der Waals surface area contributed by atoms with Crippen molar-refractivity contribution in [1.29, 1.82) is 0 Å². The average Bonchev–Trinajstić information content (AvgIpc) is 2.18. The molecule has 3 heteroatoms. The largest absolute Gasteiger partial charge is 0.388 e. The minimum atomic E-state index is -0.725. The van der Waals surface area contributed by atoms with E-state index >= 15 is 0 Å². The number of hydrogen-bond donors (Lipinski definition) is 2. The first-order valence-electron chi connectivity index (χ1n) is 4.75. The molecule has 1 amide bonds. The first kappa shape index (κ1) is 9.21. The monoisotopic (exact) mass is 191 g/mol. The highest BCUT2D eigenvalue weighted by molar-refractivity contribution is 5.78. The number of benzene rings is 1. The number of aryl methyl sites for hydroxylation is 1. The summed E-state index contributed by atoms with van der Waals surface area (Å²) in [6.45, 7) is 0. The van der Waals surface area contributed by atoms with Crippen molar-refractivity contribution in [2.24, 2.45) is 11.7 Å². The van der Waals surface area contributed by atoms with Crippen molar-refractivity contribution in [2.45, 2.75) is 18.9 Å². The predicted molar refractivity (Wildman–Crippen MR) is 52.4 cm³/mol. The minimum Gasteiger partial charge on any atom is -0.388 e. The molecule has 0 saturated carbocycles. The molecule has 3 N–H and O–H groups in total. The van der Waals surface area contributed by atoms with E-state index in [1.807, 2.05) is 24.3 Å². The number of aliphatic hydroxyl groups is 1. The van der Waals surface area contributed by atoms with Crippen LogP contribution in [0.4, 0.5) is 0 Å². The van der Waals surface area contributed by atoms with E-state index in [1.54, 1.807) is 0 Å². The maximum atomic E-state index is 11.0. The Morgan fingerprint density at radius 2 is 2.14 bits per heavy atom. The molecule has 0 saturated heterocycles. The molecule has 0 spiro atoms. The molecular weight excluding hydrogens is 178 g/mol. The molecule has 0 unspecified atom stereocenters. The Morgan fingerprint density at radius 1 is 1.43 bits per heavy atom. The van der Waals surface area contributed by atoms with Gasteiger partial charge < -0.3 is 10.8 Å². The number of aliphatic hydroxyl groups excluding tert-OH is 1. The average molecular weight is 191 g/mol. The van der Waals surface area contributed by atoms with E-state index in [0.717, 1.165) is 17.5 Å². The fraction of sp³-hybridized carbons (Fsp3) is 0.364. The van der Waals surface area contributed by atoms with E-state index in [4.69, 9.17) is 5.73 Å². The maximum Gasteiger partial charge on any atom is 0.223 e. The quantitative estimate of drug-likeness (QED) is 0.688. The van der Waals surface area contributed by atoms with Gasteiger partial charge in [0, 0.05) is 0 Å². The number of fused-ring (bicyclic) bond motifs is 1. The van der Waals surface area contributed by atoms with Crippen LogP contribution in [0.1, 0.15) is 23.7 Å². The summed E-state index contributed by atoms with van der Waals surface area (Å²) in [6, 6.07) is 7.65. The summed E-state index contributed by atoms with van der Waals surface area (Å²) < 4.78 is 0. The Morgan fingerprint density at radius 3 is 2.86 bits per heavy atom. The zero-order valence-corrected chi connectivity index (χ0v) is 7.81. The van der Waals surface area contributed by atoms with Crippen molar-refractivity contribution >= 4 is 5.91 Å². The standard InChI is InChI=1S/C11H13NO2/c12-11(14)9-6-5-7-3-1-2-4-8(7)10(9)13/h1-4,9-10,13H,5-6H2,(H2,12,14)/t9-,10+/m0/s1. The summed E-state index contributed by atoms with van der Waals surface area (Å²) in [6.07, 6.45) is 0.742. The zero-order chi connectivity index (χ0) is 10.1. The third kappa shape index (κ3) is 1.40. The summed E-state index contributed by atoms with van der Waals surface area (Å²) in [5, 5.41) is 9.89. The van der Waals surface area contributed by atoms with Crippen molar-refractivity contribution in [2.75, 3.05) is 0 Å². The van der Waals surface area contributed by atoms with Gasteiger partial charge in [0.05, 0.1) is 12.0 Å². The predicted octanol–water partition coefficient (Wildman–Crippen LogP) is 0.768. The van der Waals surface area contributed by atoms with E-state index in [9.17, 15) is 9.90 Å². The molecular formula is C11H13NO2. The number of primary amides is 1. The lowest BCUT2D eigenvalue weighted by Crippen LogP contribution is -2.32. The Hall–Kier alpha value is -1.35. The molecule has 0 radical (unpaired) electrons. The minimum absolute atomic E-state index is 0.410. The zero-order valence-electron chi connectivity index (χ0n) is 7.81. The van der Waals surface area contributed by atoms with E-state index in [0.29, 0.717) is 6.42 Å². The van der Waals surface area contributed by atoms with Crippen LogP contribution in [0.25, 0.3) is 0 Å². The van der Waals surface area contributed by atoms with Gasteiger partial charge in [-0.1, -0.05) is 24.3 Å². The molecule has 0 aliphatic heterocycles. The lowest BCUT2D eigenvalue weighted by atomic mass is 9.81. The Bertz CT molecular complexity index is 362. The van der Waals surface area contributed by atoms with Crippen LogP contribution >= 0.6 is 0 Å². The van der Waals surface area contributed by atoms with E-state index < -0.39 is 17.9 Å². The fourth-order valence-corrected chi connectivity index (χ4v) is 2.03. The molecule has 1 aromatic rings. The van der Waals surface area contributed by atoms with E-state index in [-0.39, 0.29) is 0 Å². The lowest BCUT2D eigenvalue weighted by Gasteiger charge is -2.27. The molecule has 1 aliphatic carbocycles. The number of nitrogens with two attached hydrogens (primary N) is 1. The van der Waals surface area contributed by atoms with Gasteiger partial charge in [0.25, 0.3) is 0 Å². The second-order valence-corrected chi connectivity index (χ2v) is 3.69. The first-order valence-corrected chi connectivity index (χ1v) is 4.75. The van der Waals surface area contributed by atoms with Gasteiger partial charge in [-0.15, -0.1) is 0 Å². The molecule has 74 valence electrons. The molecule has 1 aromatic carbocycles. The Balaban J connectivity index is 2.36. The van der Waals surface area contributed by atoms with Gasteiger partial charge in [-0.2, -0.15) is 0 Å². The van der Waals surface area contributed by atoms with Crippen LogP contribution in [-0.2, 0) is 11.2 Å². The highest BCUT2D eigenvalue weighted by Gasteiger charge is 2.31. The van der Waals surface area contributed by atoms with Crippen LogP contribution in [0.15, 0.2) is 24.3 Å². The summed E-state index contributed by atoms with van der Waals surface area (Å²) in [5.74, 6) is -0.836. The molecule has 2 atom stereocenters. The summed E-state index contributed by atoms with van der Waals surface area (Å²) in [4.78, 5) is 11.0. The normalized spacial score (nSPS) is 25.5. The number of carbonyl (C=O) groups is 1. The van der Waals surface area contributed by atoms with Crippen molar-refractivity contribution in [3.05, 3.63) is 35.4 Å². The molecule has 2 rings (SSSR count). The second kappa shape index (κ2) is 3.42. The van der Waals surface area contributed by atoms with Gasteiger partial charge in [0.2, 0.25) is 5.91 Å². The molecule has 0 fully saturated rings. The molecule has 1 aliphatic rings. The molecule has 3 nitrogen and oxygen atoms in total. The van der Waals surface area contributed by atoms with Gasteiger partial charge >= 0.3 is 0 Å². The van der Waals surface area contributed by atoms with Gasteiger partial charge in [0.15, 0.2) is 0 Å². The van der Waals surface area contributed by atoms with Crippen LogP contribution in [0, 0.1) is 5.92 Å². The third-order valence-electron chi connectivity index (χ3n) is 2.84. The van der Waals surface area contributed by atoms with Crippen molar-refractivity contribution < 1.29 is 9.90 Å². The van der Waals surface area contributed by atoms with Crippen LogP contribution in [0.5, 0.6) is 0 Å². The third-order valence-corrected chi connectivity index (χ3v) is 2.84. The number of amides is 1. The SMILES string of the molecule is NC(=O)[C@H]1CCc2ccccc2[C@H]1O. The molecule has 0 bridgehead atoms. The molecule has 0 heterocycles. The first-order chi connectivity index (χ1) is 6.70. The van der Waals surface area contributed by atoms with Crippen molar-refractivity contribution in [1.82, 2.24) is 0 Å².